The quantitative estimate of drug-likeness (QED) is 0.800. The number of aromatic nitrogens is 2. The molecule has 1 atom stereocenters. The van der Waals surface area contributed by atoms with Gasteiger partial charge in [-0.15, -0.1) is 23.4 Å². The van der Waals surface area contributed by atoms with Crippen LogP contribution >= 0.6 is 11.3 Å². The summed E-state index contributed by atoms with van der Waals surface area (Å²) in [6, 6.07) is 5.36. The molecule has 26 heavy (non-hydrogen) atoms. The van der Waals surface area contributed by atoms with E-state index in [2.05, 4.69) is 14.9 Å². The van der Waals surface area contributed by atoms with E-state index in [1.54, 1.807) is 0 Å². The zero-order valence-electron chi connectivity index (χ0n) is 13.2. The second kappa shape index (κ2) is 6.71. The van der Waals surface area contributed by atoms with Crippen LogP contribution in [-0.4, -0.2) is 45.7 Å². The number of alkyl halides is 4. The Morgan fingerprint density at radius 3 is 2.73 bits per heavy atom. The molecule has 1 aromatic heterocycles. The number of hydrogen-bond donors (Lipinski definition) is 1. The molecular weight excluding hydrogens is 378 g/mol. The molecule has 3 rings (SSSR count). The van der Waals surface area contributed by atoms with Gasteiger partial charge < -0.3 is 14.7 Å². The summed E-state index contributed by atoms with van der Waals surface area (Å²) in [6.07, 6.45) is -5.74. The molecule has 0 spiro atoms. The van der Waals surface area contributed by atoms with E-state index in [0.717, 1.165) is 22.3 Å². The second-order valence-corrected chi connectivity index (χ2v) is 6.71. The van der Waals surface area contributed by atoms with Crippen molar-refractivity contribution in [1.82, 2.24) is 15.1 Å². The number of benzene rings is 1. The van der Waals surface area contributed by atoms with Crippen molar-refractivity contribution in [3.63, 3.8) is 0 Å². The van der Waals surface area contributed by atoms with Crippen molar-refractivity contribution in [3.8, 4) is 16.3 Å². The van der Waals surface area contributed by atoms with E-state index >= 15 is 4.39 Å². The van der Waals surface area contributed by atoms with Crippen molar-refractivity contribution in [3.05, 3.63) is 29.3 Å². The average molecular weight is 391 g/mol. The van der Waals surface area contributed by atoms with Crippen LogP contribution in [0.5, 0.6) is 5.75 Å². The lowest BCUT2D eigenvalue weighted by atomic mass is 9.96. The van der Waals surface area contributed by atoms with Crippen LogP contribution in [0.4, 0.5) is 22.4 Å². The maximum absolute atomic E-state index is 15.2. The average Bonchev–Trinajstić information content (AvgIpc) is 3.04. The molecule has 1 aromatic carbocycles. The van der Waals surface area contributed by atoms with E-state index in [-0.39, 0.29) is 28.5 Å². The largest absolute Gasteiger partial charge is 0.573 e. The Labute approximate surface area is 149 Å². The van der Waals surface area contributed by atoms with E-state index in [4.69, 9.17) is 5.11 Å². The van der Waals surface area contributed by atoms with Crippen LogP contribution in [0.25, 0.3) is 10.6 Å². The SMILES string of the molecule is O=C(O)N1CCCC(F)(c2nnc(-c3ccccc3OC(F)(F)F)s2)C1. The third-order valence-corrected chi connectivity index (χ3v) is 5.00. The predicted octanol–water partition coefficient (Wildman–Crippen LogP) is 4.04. The Kier molecular flexibility index (Phi) is 4.74. The Balaban J connectivity index is 1.90. The zero-order valence-corrected chi connectivity index (χ0v) is 14.0. The Morgan fingerprint density at radius 1 is 1.31 bits per heavy atom. The smallest absolute Gasteiger partial charge is 0.465 e. The number of carbonyl (C=O) groups is 1. The van der Waals surface area contributed by atoms with Crippen LogP contribution in [-0.2, 0) is 5.67 Å². The molecule has 1 saturated heterocycles. The first-order valence-electron chi connectivity index (χ1n) is 7.54. The molecule has 1 N–H and O–H groups in total. The van der Waals surface area contributed by atoms with Crippen LogP contribution in [0.1, 0.15) is 17.8 Å². The highest BCUT2D eigenvalue weighted by molar-refractivity contribution is 7.14. The highest BCUT2D eigenvalue weighted by atomic mass is 32.1. The van der Waals surface area contributed by atoms with Gasteiger partial charge in [0.15, 0.2) is 15.7 Å². The number of para-hydroxylation sites is 1. The topological polar surface area (TPSA) is 75.5 Å². The fourth-order valence-electron chi connectivity index (χ4n) is 2.72. The summed E-state index contributed by atoms with van der Waals surface area (Å²) in [5.41, 5.74) is -1.99. The summed E-state index contributed by atoms with van der Waals surface area (Å²) in [7, 11) is 0. The summed E-state index contributed by atoms with van der Waals surface area (Å²) >= 11 is 0.781. The van der Waals surface area contributed by atoms with Crippen molar-refractivity contribution in [2.24, 2.45) is 0 Å². The van der Waals surface area contributed by atoms with Gasteiger partial charge in [-0.25, -0.2) is 9.18 Å². The molecule has 1 unspecified atom stereocenters. The molecular formula is C15H13F4N3O3S. The molecule has 2 heterocycles. The van der Waals surface area contributed by atoms with E-state index in [1.165, 1.54) is 18.2 Å². The molecule has 0 bridgehead atoms. The van der Waals surface area contributed by atoms with E-state index < -0.39 is 30.4 Å². The highest BCUT2D eigenvalue weighted by Gasteiger charge is 2.42. The number of hydrogen-bond acceptors (Lipinski definition) is 5. The fourth-order valence-corrected chi connectivity index (χ4v) is 3.69. The van der Waals surface area contributed by atoms with Crippen LogP contribution in [0.15, 0.2) is 24.3 Å². The molecule has 0 saturated carbocycles. The summed E-state index contributed by atoms with van der Waals surface area (Å²) < 4.78 is 56.8. The summed E-state index contributed by atoms with van der Waals surface area (Å²) in [6.45, 7) is -0.174. The van der Waals surface area contributed by atoms with Gasteiger partial charge in [-0.3, -0.25) is 0 Å². The molecule has 1 aliphatic rings. The predicted molar refractivity (Wildman–Crippen MR) is 83.6 cm³/mol. The van der Waals surface area contributed by atoms with E-state index in [9.17, 15) is 18.0 Å². The molecule has 1 amide bonds. The Morgan fingerprint density at radius 2 is 2.04 bits per heavy atom. The third-order valence-electron chi connectivity index (χ3n) is 3.86. The summed E-state index contributed by atoms with van der Waals surface area (Å²) in [5, 5.41) is 16.6. The zero-order chi connectivity index (χ0) is 18.9. The maximum Gasteiger partial charge on any atom is 0.573 e. The Hall–Kier alpha value is -2.43. The molecule has 11 heteroatoms. The second-order valence-electron chi connectivity index (χ2n) is 5.73. The van der Waals surface area contributed by atoms with Crippen molar-refractivity contribution >= 4 is 17.4 Å². The molecule has 2 aromatic rings. The highest BCUT2D eigenvalue weighted by Crippen LogP contribution is 2.41. The van der Waals surface area contributed by atoms with Crippen molar-refractivity contribution in [2.45, 2.75) is 24.9 Å². The van der Waals surface area contributed by atoms with Crippen LogP contribution in [0.2, 0.25) is 0 Å². The number of halogens is 4. The number of amides is 1. The van der Waals surface area contributed by atoms with Gasteiger partial charge in [-0.1, -0.05) is 23.5 Å². The van der Waals surface area contributed by atoms with Gasteiger partial charge in [-0.05, 0) is 25.0 Å². The molecule has 0 aliphatic carbocycles. The minimum absolute atomic E-state index is 0.0306. The minimum Gasteiger partial charge on any atom is -0.465 e. The lowest BCUT2D eigenvalue weighted by Gasteiger charge is -2.34. The molecule has 6 nitrogen and oxygen atoms in total. The van der Waals surface area contributed by atoms with Crippen molar-refractivity contribution in [2.75, 3.05) is 13.1 Å². The first kappa shape index (κ1) is 18.4. The lowest BCUT2D eigenvalue weighted by molar-refractivity contribution is -0.274. The standard InChI is InChI=1S/C15H13F4N3O3S/c16-14(6-3-7-22(8-14)13(23)24)12-21-20-11(26-12)9-4-1-2-5-10(9)25-15(17,18)19/h1-2,4-5H,3,6-8H2,(H,23,24). The van der Waals surface area contributed by atoms with Crippen LogP contribution < -0.4 is 4.74 Å². The number of nitrogens with zero attached hydrogens (tertiary/aromatic N) is 3. The van der Waals surface area contributed by atoms with E-state index in [0.29, 0.717) is 6.42 Å². The van der Waals surface area contributed by atoms with Gasteiger partial charge in [0.1, 0.15) is 5.75 Å². The van der Waals surface area contributed by atoms with Crippen molar-refractivity contribution < 1.29 is 32.2 Å². The molecule has 1 aliphatic heterocycles. The number of carboxylic acid groups (broad SMARTS) is 1. The third kappa shape index (κ3) is 3.87. The number of likely N-dealkylation sites (tertiary alicyclic amines) is 1. The van der Waals surface area contributed by atoms with Gasteiger partial charge in [0, 0.05) is 6.54 Å². The Bertz CT molecular complexity index is 813. The maximum atomic E-state index is 15.2. The van der Waals surface area contributed by atoms with Gasteiger partial charge in [0.05, 0.1) is 12.1 Å². The first-order chi connectivity index (χ1) is 12.2. The summed E-state index contributed by atoms with van der Waals surface area (Å²) in [4.78, 5) is 12.0. The van der Waals surface area contributed by atoms with Crippen LogP contribution in [0.3, 0.4) is 0 Å². The number of piperidine rings is 1. The van der Waals surface area contributed by atoms with E-state index in [1.807, 2.05) is 0 Å². The van der Waals surface area contributed by atoms with Gasteiger partial charge in [-0.2, -0.15) is 0 Å². The fraction of sp³-hybridized carbons (Fsp3) is 0.400. The minimum atomic E-state index is -4.88. The molecule has 140 valence electrons. The number of ether oxygens (including phenoxy) is 1. The first-order valence-corrected chi connectivity index (χ1v) is 8.35. The monoisotopic (exact) mass is 391 g/mol. The molecule has 0 radical (unpaired) electrons. The van der Waals surface area contributed by atoms with Gasteiger partial charge in [0.2, 0.25) is 0 Å². The number of rotatable bonds is 3. The molecule has 1 fully saturated rings. The van der Waals surface area contributed by atoms with Gasteiger partial charge >= 0.3 is 12.5 Å². The van der Waals surface area contributed by atoms with Gasteiger partial charge in [0.25, 0.3) is 0 Å². The van der Waals surface area contributed by atoms with Crippen molar-refractivity contribution in [1.29, 1.82) is 0 Å². The van der Waals surface area contributed by atoms with Crippen LogP contribution in [0, 0.1) is 0 Å². The lowest BCUT2D eigenvalue weighted by Crippen LogP contribution is -2.45. The normalized spacial score (nSPS) is 20.8. The summed E-state index contributed by atoms with van der Waals surface area (Å²) in [5.74, 6) is -0.466.